The predicted molar refractivity (Wildman–Crippen MR) is 56.5 cm³/mol. The predicted octanol–water partition coefficient (Wildman–Crippen LogP) is 0.725. The number of carbonyl (C=O) groups is 1. The fraction of sp³-hybridized carbons (Fsp3) is 0.556. The van der Waals surface area contributed by atoms with Crippen molar-refractivity contribution in [1.29, 1.82) is 0 Å². The minimum atomic E-state index is -0.356. The highest BCUT2D eigenvalue weighted by atomic mass is 35.5. The van der Waals surface area contributed by atoms with E-state index >= 15 is 0 Å². The van der Waals surface area contributed by atoms with E-state index in [1.807, 2.05) is 7.05 Å². The number of methoxy groups -OCH3 is 1. The van der Waals surface area contributed by atoms with Crippen LogP contribution >= 0.6 is 11.6 Å². The molecule has 1 atom stereocenters. The zero-order chi connectivity index (χ0) is 11.4. The number of imidazole rings is 1. The third-order valence-electron chi connectivity index (χ3n) is 2.15. The maximum absolute atomic E-state index is 11.1. The van der Waals surface area contributed by atoms with E-state index in [9.17, 15) is 4.79 Å². The van der Waals surface area contributed by atoms with Gasteiger partial charge in [-0.25, -0.2) is 4.98 Å². The van der Waals surface area contributed by atoms with Gasteiger partial charge in [0.15, 0.2) is 0 Å². The molecule has 5 nitrogen and oxygen atoms in total. The lowest BCUT2D eigenvalue weighted by Crippen LogP contribution is -2.34. The molecule has 0 amide bonds. The average molecular weight is 232 g/mol. The second-order valence-electron chi connectivity index (χ2n) is 3.18. The zero-order valence-corrected chi connectivity index (χ0v) is 9.71. The largest absolute Gasteiger partial charge is 0.468 e. The smallest absolute Gasteiger partial charge is 0.322 e. The van der Waals surface area contributed by atoms with Crippen LogP contribution in [0.25, 0.3) is 0 Å². The average Bonchev–Trinajstić information content (AvgIpc) is 2.55. The quantitative estimate of drug-likeness (QED) is 0.776. The summed E-state index contributed by atoms with van der Waals surface area (Å²) in [6.45, 7) is 2.20. The van der Waals surface area contributed by atoms with Crippen molar-refractivity contribution in [2.24, 2.45) is 7.05 Å². The van der Waals surface area contributed by atoms with Gasteiger partial charge in [0.05, 0.1) is 19.9 Å². The first-order valence-corrected chi connectivity index (χ1v) is 4.91. The van der Waals surface area contributed by atoms with Gasteiger partial charge in [-0.1, -0.05) is 11.6 Å². The molecule has 1 unspecified atom stereocenters. The fourth-order valence-corrected chi connectivity index (χ4v) is 1.24. The Labute approximate surface area is 93.4 Å². The molecule has 0 fully saturated rings. The Hall–Kier alpha value is -1.07. The molecule has 0 radical (unpaired) electrons. The van der Waals surface area contributed by atoms with Crippen LogP contribution in [-0.2, 0) is 23.1 Å². The normalized spacial score (nSPS) is 12.5. The van der Waals surface area contributed by atoms with E-state index in [1.165, 1.54) is 7.11 Å². The first-order valence-electron chi connectivity index (χ1n) is 4.53. The maximum Gasteiger partial charge on any atom is 0.322 e. The minimum Gasteiger partial charge on any atom is -0.468 e. The van der Waals surface area contributed by atoms with Gasteiger partial charge >= 0.3 is 5.97 Å². The molecule has 84 valence electrons. The van der Waals surface area contributed by atoms with Crippen LogP contribution in [0.3, 0.4) is 0 Å². The molecule has 15 heavy (non-hydrogen) atoms. The Morgan fingerprint density at radius 2 is 2.47 bits per heavy atom. The molecule has 0 saturated carbocycles. The number of rotatable bonds is 4. The molecule has 1 aromatic heterocycles. The molecule has 6 heteroatoms. The third kappa shape index (κ3) is 2.94. The van der Waals surface area contributed by atoms with Crippen molar-refractivity contribution in [3.8, 4) is 0 Å². The van der Waals surface area contributed by atoms with E-state index < -0.39 is 0 Å². The molecule has 0 aliphatic rings. The summed E-state index contributed by atoms with van der Waals surface area (Å²) in [5, 5.41) is 3.55. The number of nitrogens with one attached hydrogen (secondary N) is 1. The van der Waals surface area contributed by atoms with Gasteiger partial charge < -0.3 is 9.30 Å². The van der Waals surface area contributed by atoms with E-state index in [-0.39, 0.29) is 12.0 Å². The summed E-state index contributed by atoms with van der Waals surface area (Å²) in [5.74, 6) is 0.478. The van der Waals surface area contributed by atoms with E-state index in [0.717, 1.165) is 5.82 Å². The molecule has 1 heterocycles. The van der Waals surface area contributed by atoms with Crippen molar-refractivity contribution < 1.29 is 9.53 Å². The number of hydrogen-bond acceptors (Lipinski definition) is 4. The highest BCUT2D eigenvalue weighted by molar-refractivity contribution is 6.29. The minimum absolute atomic E-state index is 0.296. The lowest BCUT2D eigenvalue weighted by Gasteiger charge is -2.11. The van der Waals surface area contributed by atoms with Crippen LogP contribution in [0.4, 0.5) is 0 Å². The second kappa shape index (κ2) is 5.14. The molecule has 0 aliphatic heterocycles. The Kier molecular flexibility index (Phi) is 4.11. The molecule has 0 aromatic carbocycles. The summed E-state index contributed by atoms with van der Waals surface area (Å²) < 4.78 is 6.33. The number of carbonyl (C=O) groups excluding carboxylic acids is 1. The molecule has 0 saturated heterocycles. The van der Waals surface area contributed by atoms with E-state index in [1.54, 1.807) is 17.7 Å². The Morgan fingerprint density at radius 3 is 2.93 bits per heavy atom. The number of esters is 1. The molecule has 0 aliphatic carbocycles. The van der Waals surface area contributed by atoms with Gasteiger partial charge in [-0.15, -0.1) is 0 Å². The SMILES string of the molecule is COC(=O)C(C)NCc1ncc(Cl)n1C. The Balaban J connectivity index is 2.50. The van der Waals surface area contributed by atoms with Gasteiger partial charge in [0, 0.05) is 7.05 Å². The summed E-state index contributed by atoms with van der Waals surface area (Å²) in [5.41, 5.74) is 0. The third-order valence-corrected chi connectivity index (χ3v) is 2.50. The highest BCUT2D eigenvalue weighted by Crippen LogP contribution is 2.08. The van der Waals surface area contributed by atoms with Crippen molar-refractivity contribution >= 4 is 17.6 Å². The van der Waals surface area contributed by atoms with Crippen LogP contribution in [0.5, 0.6) is 0 Å². The maximum atomic E-state index is 11.1. The van der Waals surface area contributed by atoms with Crippen LogP contribution in [0.2, 0.25) is 5.15 Å². The van der Waals surface area contributed by atoms with E-state index in [4.69, 9.17) is 11.6 Å². The Bertz CT molecular complexity index is 351. The second-order valence-corrected chi connectivity index (χ2v) is 3.57. The molecular formula is C9H14ClN3O2. The number of aromatic nitrogens is 2. The Morgan fingerprint density at radius 1 is 1.80 bits per heavy atom. The van der Waals surface area contributed by atoms with Crippen molar-refractivity contribution in [2.75, 3.05) is 7.11 Å². The summed E-state index contributed by atoms with van der Waals surface area (Å²) in [4.78, 5) is 15.2. The molecule has 1 aromatic rings. The summed E-state index contributed by atoms with van der Waals surface area (Å²) in [7, 11) is 3.17. The topological polar surface area (TPSA) is 56.1 Å². The summed E-state index contributed by atoms with van der Waals surface area (Å²) in [6, 6.07) is -0.356. The molecule has 1 N–H and O–H groups in total. The number of nitrogens with zero attached hydrogens (tertiary/aromatic N) is 2. The van der Waals surface area contributed by atoms with Gasteiger partial charge in [0.2, 0.25) is 0 Å². The number of hydrogen-bond donors (Lipinski definition) is 1. The fourth-order valence-electron chi connectivity index (χ4n) is 1.09. The first kappa shape index (κ1) is 12.0. The van der Waals surface area contributed by atoms with Crippen LogP contribution in [0, 0.1) is 0 Å². The number of ether oxygens (including phenoxy) is 1. The monoisotopic (exact) mass is 231 g/mol. The van der Waals surface area contributed by atoms with Gasteiger partial charge in [-0.05, 0) is 6.92 Å². The molecule has 0 spiro atoms. The molecule has 0 bridgehead atoms. The lowest BCUT2D eigenvalue weighted by molar-refractivity contribution is -0.142. The van der Waals surface area contributed by atoms with Crippen molar-refractivity contribution in [3.05, 3.63) is 17.2 Å². The molecular weight excluding hydrogens is 218 g/mol. The van der Waals surface area contributed by atoms with E-state index in [2.05, 4.69) is 15.0 Å². The van der Waals surface area contributed by atoms with Gasteiger partial charge in [-0.3, -0.25) is 10.1 Å². The zero-order valence-electron chi connectivity index (χ0n) is 8.95. The van der Waals surface area contributed by atoms with Crippen molar-refractivity contribution in [2.45, 2.75) is 19.5 Å². The van der Waals surface area contributed by atoms with E-state index in [0.29, 0.717) is 11.7 Å². The van der Waals surface area contributed by atoms with Crippen LogP contribution in [0.15, 0.2) is 6.20 Å². The van der Waals surface area contributed by atoms with Gasteiger partial charge in [0.1, 0.15) is 17.0 Å². The first-order chi connectivity index (χ1) is 7.06. The van der Waals surface area contributed by atoms with Crippen LogP contribution in [0.1, 0.15) is 12.7 Å². The van der Waals surface area contributed by atoms with Gasteiger partial charge in [0.25, 0.3) is 0 Å². The lowest BCUT2D eigenvalue weighted by atomic mass is 10.3. The summed E-state index contributed by atoms with van der Waals surface area (Å²) >= 11 is 5.82. The van der Waals surface area contributed by atoms with Crippen LogP contribution in [-0.4, -0.2) is 28.7 Å². The van der Waals surface area contributed by atoms with Crippen molar-refractivity contribution in [3.63, 3.8) is 0 Å². The molecule has 1 rings (SSSR count). The van der Waals surface area contributed by atoms with Crippen LogP contribution < -0.4 is 5.32 Å². The highest BCUT2D eigenvalue weighted by Gasteiger charge is 2.13. The standard InChI is InChI=1S/C9H14ClN3O2/c1-6(9(14)15-3)11-5-8-12-4-7(10)13(8)2/h4,6,11H,5H2,1-3H3. The number of halogens is 1. The van der Waals surface area contributed by atoms with Gasteiger partial charge in [-0.2, -0.15) is 0 Å². The summed E-state index contributed by atoms with van der Waals surface area (Å²) in [6.07, 6.45) is 1.57. The van der Waals surface area contributed by atoms with Crippen molar-refractivity contribution in [1.82, 2.24) is 14.9 Å².